The van der Waals surface area contributed by atoms with Crippen molar-refractivity contribution in [2.75, 3.05) is 14.2 Å². The minimum absolute atomic E-state index is 0.0346. The molecule has 0 radical (unpaired) electrons. The van der Waals surface area contributed by atoms with Gasteiger partial charge in [0.2, 0.25) is 0 Å². The van der Waals surface area contributed by atoms with Gasteiger partial charge in [-0.2, -0.15) is 0 Å². The molecule has 0 amide bonds. The second kappa shape index (κ2) is 8.31. The van der Waals surface area contributed by atoms with Gasteiger partial charge < -0.3 is 19.7 Å². The Balaban J connectivity index is 1.65. The Hall–Kier alpha value is -3.50. The first-order chi connectivity index (χ1) is 17.1. The number of rotatable bonds is 4. The number of hydrogen-bond donors (Lipinski definition) is 2. The number of fused-ring (bicyclic) bond motifs is 7. The number of aromatic hydroxyl groups is 1. The van der Waals surface area contributed by atoms with Crippen LogP contribution in [0, 0.1) is 0 Å². The Morgan fingerprint density at radius 1 is 0.771 bits per heavy atom. The molecule has 178 valence electrons. The molecule has 0 saturated heterocycles. The van der Waals surface area contributed by atoms with E-state index in [9.17, 15) is 10.2 Å². The Labute approximate surface area is 205 Å². The predicted molar refractivity (Wildman–Crippen MR) is 139 cm³/mol. The molecular formula is C31H30O4. The topological polar surface area (TPSA) is 58.9 Å². The maximum absolute atomic E-state index is 11.4. The molecule has 2 N–H and O–H groups in total. The molecule has 4 aromatic rings. The molecule has 0 bridgehead atoms. The van der Waals surface area contributed by atoms with E-state index in [1.54, 1.807) is 14.2 Å². The van der Waals surface area contributed by atoms with E-state index in [0.717, 1.165) is 40.3 Å². The summed E-state index contributed by atoms with van der Waals surface area (Å²) in [5.74, 6) is 1.65. The molecule has 1 spiro atoms. The lowest BCUT2D eigenvalue weighted by atomic mass is 9.67. The van der Waals surface area contributed by atoms with E-state index in [2.05, 4.69) is 30.3 Å². The number of aliphatic hydroxyl groups excluding tert-OH is 1. The van der Waals surface area contributed by atoms with Gasteiger partial charge >= 0.3 is 0 Å². The lowest BCUT2D eigenvalue weighted by Crippen LogP contribution is -2.27. The van der Waals surface area contributed by atoms with Gasteiger partial charge in [0, 0.05) is 22.4 Å². The molecule has 4 nitrogen and oxygen atoms in total. The monoisotopic (exact) mass is 466 g/mol. The van der Waals surface area contributed by atoms with Gasteiger partial charge in [-0.05, 0) is 81.9 Å². The van der Waals surface area contributed by atoms with E-state index in [1.165, 1.54) is 41.5 Å². The van der Waals surface area contributed by atoms with Crippen LogP contribution in [0.3, 0.4) is 0 Å². The number of benzene rings is 4. The summed E-state index contributed by atoms with van der Waals surface area (Å²) in [6.45, 7) is -0.113. The summed E-state index contributed by atoms with van der Waals surface area (Å²) in [6.07, 6.45) is 5.88. The van der Waals surface area contributed by atoms with Crippen LogP contribution in [0.5, 0.6) is 17.2 Å². The summed E-state index contributed by atoms with van der Waals surface area (Å²) in [4.78, 5) is 0. The number of aliphatic hydroxyl groups is 1. The van der Waals surface area contributed by atoms with E-state index in [4.69, 9.17) is 9.47 Å². The third kappa shape index (κ3) is 3.16. The van der Waals surface area contributed by atoms with Crippen LogP contribution < -0.4 is 9.47 Å². The molecule has 6 rings (SSSR count). The molecule has 1 fully saturated rings. The summed E-state index contributed by atoms with van der Waals surface area (Å²) in [5, 5.41) is 23.6. The van der Waals surface area contributed by atoms with E-state index in [-0.39, 0.29) is 17.8 Å². The second-order valence-electron chi connectivity index (χ2n) is 9.79. The molecule has 4 aromatic carbocycles. The zero-order chi connectivity index (χ0) is 24.2. The fourth-order valence-corrected chi connectivity index (χ4v) is 6.52. The lowest BCUT2D eigenvalue weighted by Gasteiger charge is -2.36. The SMILES string of the molecule is COc1ccc(-c2cc3c(O)cc4c(c3cc2CO)-c2ccccc2C42CCCCC2)c(OC)c1. The first-order valence-electron chi connectivity index (χ1n) is 12.4. The second-order valence-corrected chi connectivity index (χ2v) is 9.79. The highest BCUT2D eigenvalue weighted by Gasteiger charge is 2.44. The van der Waals surface area contributed by atoms with Crippen molar-refractivity contribution in [3.05, 3.63) is 77.4 Å². The highest BCUT2D eigenvalue weighted by atomic mass is 16.5. The molecular weight excluding hydrogens is 436 g/mol. The molecule has 4 heteroatoms. The predicted octanol–water partition coefficient (Wildman–Crippen LogP) is 6.95. The molecule has 0 aromatic heterocycles. The molecule has 0 aliphatic heterocycles. The first-order valence-corrected chi connectivity index (χ1v) is 12.4. The quantitative estimate of drug-likeness (QED) is 0.342. The van der Waals surface area contributed by atoms with Gasteiger partial charge in [0.05, 0.1) is 20.8 Å². The van der Waals surface area contributed by atoms with E-state index in [0.29, 0.717) is 11.5 Å². The van der Waals surface area contributed by atoms with Crippen molar-refractivity contribution in [1.82, 2.24) is 0 Å². The molecule has 0 atom stereocenters. The Bertz CT molecular complexity index is 1450. The highest BCUT2D eigenvalue weighted by molar-refractivity contribution is 6.07. The number of ether oxygens (including phenoxy) is 2. The van der Waals surface area contributed by atoms with Crippen LogP contribution in [0.1, 0.15) is 48.8 Å². The van der Waals surface area contributed by atoms with Crippen molar-refractivity contribution >= 4 is 10.8 Å². The lowest BCUT2D eigenvalue weighted by molar-refractivity contribution is 0.282. The van der Waals surface area contributed by atoms with E-state index < -0.39 is 0 Å². The Kier molecular flexibility index (Phi) is 5.23. The summed E-state index contributed by atoms with van der Waals surface area (Å²) in [6, 6.07) is 20.5. The zero-order valence-corrected chi connectivity index (χ0v) is 20.2. The fourth-order valence-electron chi connectivity index (χ4n) is 6.52. The molecule has 0 unspecified atom stereocenters. The largest absolute Gasteiger partial charge is 0.507 e. The standard InChI is InChI=1S/C31H30O4/c1-34-20-10-11-21(29(15-20)35-2)23-16-24-25(14-19(23)18-32)30-22-8-4-5-9-26(22)31(12-6-3-7-13-31)27(30)17-28(24)33/h4-5,8-11,14-17,32-33H,3,6-7,12-13,18H2,1-2H3. The third-order valence-corrected chi connectivity index (χ3v) is 8.14. The van der Waals surface area contributed by atoms with Gasteiger partial charge in [-0.3, -0.25) is 0 Å². The van der Waals surface area contributed by atoms with Crippen LogP contribution in [0.15, 0.2) is 60.7 Å². The van der Waals surface area contributed by atoms with Gasteiger partial charge in [-0.15, -0.1) is 0 Å². The normalized spacial score (nSPS) is 15.7. The van der Waals surface area contributed by atoms with Crippen molar-refractivity contribution in [3.8, 4) is 39.5 Å². The average molecular weight is 467 g/mol. The number of phenolic OH excluding ortho intramolecular Hbond substituents is 1. The molecule has 2 aliphatic carbocycles. The van der Waals surface area contributed by atoms with Crippen molar-refractivity contribution in [1.29, 1.82) is 0 Å². The van der Waals surface area contributed by atoms with Crippen molar-refractivity contribution in [2.24, 2.45) is 0 Å². The van der Waals surface area contributed by atoms with Crippen LogP contribution >= 0.6 is 0 Å². The summed E-state index contributed by atoms with van der Waals surface area (Å²) in [5.41, 5.74) is 7.54. The smallest absolute Gasteiger partial charge is 0.130 e. The van der Waals surface area contributed by atoms with Crippen LogP contribution in [-0.2, 0) is 12.0 Å². The maximum Gasteiger partial charge on any atom is 0.130 e. The number of phenols is 1. The van der Waals surface area contributed by atoms with Gasteiger partial charge in [-0.1, -0.05) is 43.5 Å². The van der Waals surface area contributed by atoms with Crippen molar-refractivity contribution < 1.29 is 19.7 Å². The summed E-state index contributed by atoms with van der Waals surface area (Å²) >= 11 is 0. The molecule has 0 heterocycles. The maximum atomic E-state index is 11.4. The Morgan fingerprint density at radius 3 is 2.31 bits per heavy atom. The van der Waals surface area contributed by atoms with Gasteiger partial charge in [0.15, 0.2) is 0 Å². The Morgan fingerprint density at radius 2 is 1.57 bits per heavy atom. The van der Waals surface area contributed by atoms with Crippen LogP contribution in [-0.4, -0.2) is 24.4 Å². The summed E-state index contributed by atoms with van der Waals surface area (Å²) < 4.78 is 11.0. The number of hydrogen-bond acceptors (Lipinski definition) is 4. The highest BCUT2D eigenvalue weighted by Crippen LogP contribution is 2.58. The first kappa shape index (κ1) is 22.0. The van der Waals surface area contributed by atoms with Gasteiger partial charge in [0.25, 0.3) is 0 Å². The minimum Gasteiger partial charge on any atom is -0.507 e. The number of methoxy groups -OCH3 is 2. The van der Waals surface area contributed by atoms with Crippen molar-refractivity contribution in [2.45, 2.75) is 44.1 Å². The summed E-state index contributed by atoms with van der Waals surface area (Å²) in [7, 11) is 3.25. The van der Waals surface area contributed by atoms with E-state index in [1.807, 2.05) is 30.3 Å². The van der Waals surface area contributed by atoms with Crippen LogP contribution in [0.4, 0.5) is 0 Å². The van der Waals surface area contributed by atoms with Gasteiger partial charge in [0.1, 0.15) is 17.2 Å². The minimum atomic E-state index is -0.113. The molecule has 35 heavy (non-hydrogen) atoms. The zero-order valence-electron chi connectivity index (χ0n) is 20.2. The van der Waals surface area contributed by atoms with E-state index >= 15 is 0 Å². The molecule has 2 aliphatic rings. The van der Waals surface area contributed by atoms with Crippen LogP contribution in [0.2, 0.25) is 0 Å². The van der Waals surface area contributed by atoms with Crippen molar-refractivity contribution in [3.63, 3.8) is 0 Å². The average Bonchev–Trinajstić information content (AvgIpc) is 3.17. The van der Waals surface area contributed by atoms with Gasteiger partial charge in [-0.25, -0.2) is 0 Å². The van der Waals surface area contributed by atoms with Crippen LogP contribution in [0.25, 0.3) is 33.0 Å². The fraction of sp³-hybridized carbons (Fsp3) is 0.290. The molecule has 1 saturated carbocycles. The third-order valence-electron chi connectivity index (χ3n) is 8.14.